The number of halogens is 2. The molecule has 0 saturated carbocycles. The number of fused-ring (bicyclic) bond motifs is 3. The standard InChI is InChI=1S/C23H25ClFN5OS/c1-31-13-10-20-29-21-22(16-6-2-3-7-18(16)28-23(21)26)30(20)12-5-4-11-27-32-19-9-8-15(25)14-17(19)24/h2-3,6-9,14,27H,4-5,10-13H2,1H3,(H2,26,28). The summed E-state index contributed by atoms with van der Waals surface area (Å²) in [5, 5.41) is 1.46. The zero-order valence-corrected chi connectivity index (χ0v) is 19.3. The van der Waals surface area contributed by atoms with E-state index in [0.29, 0.717) is 23.9 Å². The topological polar surface area (TPSA) is 78.0 Å². The maximum atomic E-state index is 13.2. The number of nitrogens with two attached hydrogens (primary N) is 1. The van der Waals surface area contributed by atoms with Crippen molar-refractivity contribution in [2.75, 3.05) is 26.0 Å². The quantitative estimate of drug-likeness (QED) is 0.243. The van der Waals surface area contributed by atoms with Gasteiger partial charge < -0.3 is 15.0 Å². The van der Waals surface area contributed by atoms with E-state index in [1.165, 1.54) is 24.1 Å². The molecule has 0 aliphatic heterocycles. The molecule has 0 radical (unpaired) electrons. The number of anilines is 1. The molecule has 0 unspecified atom stereocenters. The van der Waals surface area contributed by atoms with Gasteiger partial charge in [-0.15, -0.1) is 0 Å². The van der Waals surface area contributed by atoms with Gasteiger partial charge in [-0.3, -0.25) is 4.72 Å². The largest absolute Gasteiger partial charge is 0.384 e. The van der Waals surface area contributed by atoms with Gasteiger partial charge in [0.2, 0.25) is 0 Å². The molecule has 0 fully saturated rings. The zero-order valence-electron chi connectivity index (χ0n) is 17.8. The number of rotatable bonds is 10. The number of ether oxygens (including phenoxy) is 1. The van der Waals surface area contributed by atoms with Crippen molar-refractivity contribution in [3.8, 4) is 0 Å². The van der Waals surface area contributed by atoms with Crippen LogP contribution in [-0.4, -0.2) is 34.8 Å². The van der Waals surface area contributed by atoms with Crippen molar-refractivity contribution in [3.63, 3.8) is 0 Å². The minimum absolute atomic E-state index is 0.334. The highest BCUT2D eigenvalue weighted by Gasteiger charge is 2.17. The molecule has 0 aliphatic carbocycles. The number of imidazole rings is 1. The van der Waals surface area contributed by atoms with Crippen LogP contribution in [-0.2, 0) is 17.7 Å². The van der Waals surface area contributed by atoms with Gasteiger partial charge >= 0.3 is 0 Å². The van der Waals surface area contributed by atoms with Crippen LogP contribution in [0.4, 0.5) is 10.2 Å². The fraction of sp³-hybridized carbons (Fsp3) is 0.304. The molecule has 9 heteroatoms. The summed E-state index contributed by atoms with van der Waals surface area (Å²) in [6.07, 6.45) is 2.61. The second-order valence-corrected chi connectivity index (χ2v) is 8.75. The fourth-order valence-corrected chi connectivity index (χ4v) is 4.66. The number of nitrogens with one attached hydrogen (secondary N) is 1. The summed E-state index contributed by atoms with van der Waals surface area (Å²) in [5.41, 5.74) is 8.88. The van der Waals surface area contributed by atoms with Gasteiger partial charge in [0.25, 0.3) is 0 Å². The second-order valence-electron chi connectivity index (χ2n) is 7.41. The molecule has 0 bridgehead atoms. The van der Waals surface area contributed by atoms with Gasteiger partial charge in [-0.1, -0.05) is 29.8 Å². The summed E-state index contributed by atoms with van der Waals surface area (Å²) >= 11 is 7.49. The Morgan fingerprint density at radius 2 is 2.03 bits per heavy atom. The van der Waals surface area contributed by atoms with Gasteiger partial charge in [0.15, 0.2) is 5.82 Å². The molecule has 0 aliphatic rings. The highest BCUT2D eigenvalue weighted by Crippen LogP contribution is 2.29. The summed E-state index contributed by atoms with van der Waals surface area (Å²) in [5.74, 6) is 1.07. The molecule has 4 rings (SSSR count). The first-order valence-corrected chi connectivity index (χ1v) is 11.6. The molecule has 168 valence electrons. The van der Waals surface area contributed by atoms with Crippen molar-refractivity contribution in [2.24, 2.45) is 0 Å². The predicted octanol–water partition coefficient (Wildman–Crippen LogP) is 5.23. The molecule has 6 nitrogen and oxygen atoms in total. The number of hydrogen-bond donors (Lipinski definition) is 2. The van der Waals surface area contributed by atoms with Gasteiger partial charge in [-0.2, -0.15) is 0 Å². The Hall–Kier alpha value is -2.39. The molecule has 3 N–H and O–H groups in total. The first-order chi connectivity index (χ1) is 15.6. The third kappa shape index (κ3) is 4.99. The van der Waals surface area contributed by atoms with Crippen LogP contribution in [0.15, 0.2) is 47.4 Å². The monoisotopic (exact) mass is 473 g/mol. The Kier molecular flexibility index (Phi) is 7.47. The van der Waals surface area contributed by atoms with Crippen LogP contribution in [0.25, 0.3) is 21.9 Å². The van der Waals surface area contributed by atoms with E-state index < -0.39 is 0 Å². The normalized spacial score (nSPS) is 11.6. The molecule has 2 heterocycles. The van der Waals surface area contributed by atoms with E-state index in [-0.39, 0.29) is 5.82 Å². The van der Waals surface area contributed by atoms with Crippen LogP contribution in [0.3, 0.4) is 0 Å². The van der Waals surface area contributed by atoms with Crippen LogP contribution in [0.2, 0.25) is 5.02 Å². The van der Waals surface area contributed by atoms with E-state index in [9.17, 15) is 4.39 Å². The summed E-state index contributed by atoms with van der Waals surface area (Å²) in [4.78, 5) is 10.1. The molecule has 4 aromatic rings. The first-order valence-electron chi connectivity index (χ1n) is 10.5. The van der Waals surface area contributed by atoms with E-state index in [1.807, 2.05) is 18.2 Å². The van der Waals surface area contributed by atoms with E-state index in [1.54, 1.807) is 13.2 Å². The molecule has 2 aromatic heterocycles. The number of aromatic nitrogens is 3. The molecular weight excluding hydrogens is 449 g/mol. The number of nitrogens with zero attached hydrogens (tertiary/aromatic N) is 3. The Morgan fingerprint density at radius 1 is 1.19 bits per heavy atom. The Morgan fingerprint density at radius 3 is 2.84 bits per heavy atom. The Bertz CT molecular complexity index is 1230. The fourth-order valence-electron chi connectivity index (χ4n) is 3.68. The summed E-state index contributed by atoms with van der Waals surface area (Å²) in [7, 11) is 1.69. The third-order valence-electron chi connectivity index (χ3n) is 5.21. The van der Waals surface area contributed by atoms with Gasteiger partial charge in [-0.25, -0.2) is 14.4 Å². The maximum absolute atomic E-state index is 13.2. The molecular formula is C23H25ClFN5OS. The van der Waals surface area contributed by atoms with Gasteiger partial charge in [0.05, 0.1) is 22.7 Å². The first kappa shape index (κ1) is 22.8. The molecule has 0 spiro atoms. The highest BCUT2D eigenvalue weighted by atomic mass is 35.5. The lowest BCUT2D eigenvalue weighted by atomic mass is 10.2. The average molecular weight is 474 g/mol. The van der Waals surface area contributed by atoms with E-state index in [2.05, 4.69) is 20.3 Å². The van der Waals surface area contributed by atoms with Crippen LogP contribution in [0.1, 0.15) is 18.7 Å². The number of aryl methyl sites for hydroxylation is 1. The van der Waals surface area contributed by atoms with Gasteiger partial charge in [0.1, 0.15) is 17.2 Å². The number of nitrogen functional groups attached to an aromatic ring is 1. The number of unbranched alkanes of at least 4 members (excludes halogenated alkanes) is 1. The van der Waals surface area contributed by atoms with Crippen LogP contribution in [0.5, 0.6) is 0 Å². The van der Waals surface area contributed by atoms with Crippen molar-refractivity contribution in [3.05, 3.63) is 59.1 Å². The van der Waals surface area contributed by atoms with Gasteiger partial charge in [0, 0.05) is 36.9 Å². The number of pyridine rings is 1. The van der Waals surface area contributed by atoms with Crippen molar-refractivity contribution < 1.29 is 9.13 Å². The minimum Gasteiger partial charge on any atom is -0.384 e. The number of benzene rings is 2. The van der Waals surface area contributed by atoms with Crippen molar-refractivity contribution in [2.45, 2.75) is 30.7 Å². The lowest BCUT2D eigenvalue weighted by Gasteiger charge is -2.11. The summed E-state index contributed by atoms with van der Waals surface area (Å²) in [6.45, 7) is 2.20. The zero-order chi connectivity index (χ0) is 22.5. The molecule has 0 saturated heterocycles. The SMILES string of the molecule is COCCc1nc2c(N)nc3ccccc3c2n1CCCCNSc1ccc(F)cc1Cl. The number of methoxy groups -OCH3 is 1. The molecule has 0 atom stereocenters. The second kappa shape index (κ2) is 10.5. The van der Waals surface area contributed by atoms with E-state index in [0.717, 1.165) is 58.6 Å². The van der Waals surface area contributed by atoms with Crippen LogP contribution < -0.4 is 10.5 Å². The van der Waals surface area contributed by atoms with Gasteiger partial charge in [-0.05, 0) is 49.1 Å². The third-order valence-corrected chi connectivity index (χ3v) is 6.55. The summed E-state index contributed by atoms with van der Waals surface area (Å²) < 4.78 is 24.0. The molecule has 2 aromatic carbocycles. The van der Waals surface area contributed by atoms with E-state index in [4.69, 9.17) is 27.1 Å². The maximum Gasteiger partial charge on any atom is 0.152 e. The Labute approximate surface area is 195 Å². The average Bonchev–Trinajstić information content (AvgIpc) is 3.15. The number of para-hydroxylation sites is 1. The van der Waals surface area contributed by atoms with Crippen LogP contribution >= 0.6 is 23.5 Å². The smallest absolute Gasteiger partial charge is 0.152 e. The molecule has 0 amide bonds. The highest BCUT2D eigenvalue weighted by molar-refractivity contribution is 7.97. The minimum atomic E-state index is -0.334. The van der Waals surface area contributed by atoms with E-state index >= 15 is 0 Å². The van der Waals surface area contributed by atoms with Crippen molar-refractivity contribution >= 4 is 51.3 Å². The molecule has 32 heavy (non-hydrogen) atoms. The predicted molar refractivity (Wildman–Crippen MR) is 130 cm³/mol. The number of hydrogen-bond acceptors (Lipinski definition) is 6. The summed E-state index contributed by atoms with van der Waals surface area (Å²) in [6, 6.07) is 12.4. The Balaban J connectivity index is 1.46. The van der Waals surface area contributed by atoms with Crippen LogP contribution in [0, 0.1) is 5.82 Å². The lowest BCUT2D eigenvalue weighted by Crippen LogP contribution is -2.10. The van der Waals surface area contributed by atoms with Crippen molar-refractivity contribution in [1.29, 1.82) is 0 Å². The lowest BCUT2D eigenvalue weighted by molar-refractivity contribution is 0.199. The van der Waals surface area contributed by atoms with Crippen molar-refractivity contribution in [1.82, 2.24) is 19.3 Å².